The molecule has 0 atom stereocenters. The average molecular weight is 228 g/mol. The summed E-state index contributed by atoms with van der Waals surface area (Å²) in [5, 5.41) is 9.83. The monoisotopic (exact) mass is 228 g/mol. The summed E-state index contributed by atoms with van der Waals surface area (Å²) in [4.78, 5) is 0. The van der Waals surface area contributed by atoms with E-state index >= 15 is 0 Å². The van der Waals surface area contributed by atoms with E-state index in [2.05, 4.69) is 0 Å². The van der Waals surface area contributed by atoms with Crippen LogP contribution in [0.4, 0.5) is 0 Å². The van der Waals surface area contributed by atoms with Crippen molar-refractivity contribution >= 4 is 0 Å². The first-order valence-electron chi connectivity index (χ1n) is 5.74. The normalized spacial score (nSPS) is 10.2. The molecular formula is C15H16O2. The molecule has 0 fully saturated rings. The Morgan fingerprint density at radius 1 is 1.06 bits per heavy atom. The van der Waals surface area contributed by atoms with E-state index < -0.39 is 0 Å². The minimum absolute atomic E-state index is 0.305. The predicted molar refractivity (Wildman–Crippen MR) is 69.4 cm³/mol. The quantitative estimate of drug-likeness (QED) is 0.866. The maximum atomic E-state index is 9.83. The summed E-state index contributed by atoms with van der Waals surface area (Å²) in [6.45, 7) is 4.64. The van der Waals surface area contributed by atoms with Gasteiger partial charge in [0.2, 0.25) is 0 Å². The summed E-state index contributed by atoms with van der Waals surface area (Å²) < 4.78 is 5.45. The van der Waals surface area contributed by atoms with Crippen molar-refractivity contribution in [1.82, 2.24) is 0 Å². The number of aromatic hydroxyl groups is 1. The van der Waals surface area contributed by atoms with E-state index in [4.69, 9.17) is 4.74 Å². The number of para-hydroxylation sites is 1. The Bertz CT molecular complexity index is 518. The number of phenolic OH excluding ortho intramolecular Hbond substituents is 1. The first kappa shape index (κ1) is 11.5. The maximum absolute atomic E-state index is 9.83. The van der Waals surface area contributed by atoms with Crippen molar-refractivity contribution < 1.29 is 9.84 Å². The van der Waals surface area contributed by atoms with Gasteiger partial charge in [0.05, 0.1) is 6.61 Å². The molecule has 0 radical (unpaired) electrons. The van der Waals surface area contributed by atoms with E-state index in [1.807, 2.05) is 50.2 Å². The van der Waals surface area contributed by atoms with Gasteiger partial charge in [-0.05, 0) is 43.2 Å². The van der Waals surface area contributed by atoms with Crippen molar-refractivity contribution in [3.05, 3.63) is 48.0 Å². The lowest BCUT2D eigenvalue weighted by atomic mass is 9.99. The molecule has 1 N–H and O–H groups in total. The van der Waals surface area contributed by atoms with Crippen LogP contribution < -0.4 is 4.74 Å². The van der Waals surface area contributed by atoms with Crippen molar-refractivity contribution in [2.45, 2.75) is 13.8 Å². The number of rotatable bonds is 3. The van der Waals surface area contributed by atoms with Gasteiger partial charge in [-0.2, -0.15) is 0 Å². The summed E-state index contributed by atoms with van der Waals surface area (Å²) in [6, 6.07) is 13.3. The minimum Gasteiger partial charge on any atom is -0.507 e. The van der Waals surface area contributed by atoms with Crippen LogP contribution in [0.2, 0.25) is 0 Å². The third kappa shape index (κ3) is 2.41. The Kier molecular flexibility index (Phi) is 3.33. The molecule has 2 rings (SSSR count). The highest BCUT2D eigenvalue weighted by atomic mass is 16.5. The SMILES string of the molecule is CCOc1ccc(-c2ccccc2O)c(C)c1. The van der Waals surface area contributed by atoms with Crippen LogP contribution in [0.25, 0.3) is 11.1 Å². The number of aryl methyl sites for hydroxylation is 1. The highest BCUT2D eigenvalue weighted by Crippen LogP contribution is 2.32. The molecule has 0 aliphatic heterocycles. The van der Waals surface area contributed by atoms with Gasteiger partial charge in [-0.25, -0.2) is 0 Å². The topological polar surface area (TPSA) is 29.5 Å². The van der Waals surface area contributed by atoms with Gasteiger partial charge in [0, 0.05) is 5.56 Å². The second kappa shape index (κ2) is 4.91. The summed E-state index contributed by atoms with van der Waals surface area (Å²) >= 11 is 0. The van der Waals surface area contributed by atoms with Crippen LogP contribution in [-0.4, -0.2) is 11.7 Å². The van der Waals surface area contributed by atoms with Crippen LogP contribution in [0.3, 0.4) is 0 Å². The Morgan fingerprint density at radius 3 is 2.47 bits per heavy atom. The Morgan fingerprint density at radius 2 is 1.82 bits per heavy atom. The van der Waals surface area contributed by atoms with Crippen LogP contribution in [0.5, 0.6) is 11.5 Å². The maximum Gasteiger partial charge on any atom is 0.123 e. The predicted octanol–water partition coefficient (Wildman–Crippen LogP) is 3.77. The summed E-state index contributed by atoms with van der Waals surface area (Å²) in [6.07, 6.45) is 0. The van der Waals surface area contributed by atoms with Crippen molar-refractivity contribution in [3.8, 4) is 22.6 Å². The second-order valence-electron chi connectivity index (χ2n) is 3.93. The van der Waals surface area contributed by atoms with E-state index in [-0.39, 0.29) is 0 Å². The summed E-state index contributed by atoms with van der Waals surface area (Å²) in [5.41, 5.74) is 2.98. The van der Waals surface area contributed by atoms with Crippen molar-refractivity contribution in [3.63, 3.8) is 0 Å². The molecule has 0 heterocycles. The fraction of sp³-hybridized carbons (Fsp3) is 0.200. The molecule has 2 heteroatoms. The molecule has 88 valence electrons. The Hall–Kier alpha value is -1.96. The summed E-state index contributed by atoms with van der Waals surface area (Å²) in [7, 11) is 0. The average Bonchev–Trinajstić information content (AvgIpc) is 2.31. The van der Waals surface area contributed by atoms with Gasteiger partial charge in [-0.3, -0.25) is 0 Å². The van der Waals surface area contributed by atoms with Crippen LogP contribution in [0, 0.1) is 6.92 Å². The lowest BCUT2D eigenvalue weighted by molar-refractivity contribution is 0.340. The first-order chi connectivity index (χ1) is 8.22. The Balaban J connectivity index is 2.44. The van der Waals surface area contributed by atoms with Gasteiger partial charge in [0.25, 0.3) is 0 Å². The van der Waals surface area contributed by atoms with E-state index in [9.17, 15) is 5.11 Å². The molecule has 0 amide bonds. The third-order valence-corrected chi connectivity index (χ3v) is 2.70. The zero-order valence-corrected chi connectivity index (χ0v) is 10.1. The van der Waals surface area contributed by atoms with Crippen LogP contribution in [0.15, 0.2) is 42.5 Å². The van der Waals surface area contributed by atoms with Gasteiger partial charge in [-0.1, -0.05) is 24.3 Å². The number of ether oxygens (including phenoxy) is 1. The van der Waals surface area contributed by atoms with Gasteiger partial charge in [0.1, 0.15) is 11.5 Å². The highest BCUT2D eigenvalue weighted by molar-refractivity contribution is 5.73. The fourth-order valence-corrected chi connectivity index (χ4v) is 1.90. The fourth-order valence-electron chi connectivity index (χ4n) is 1.90. The van der Waals surface area contributed by atoms with Gasteiger partial charge >= 0.3 is 0 Å². The van der Waals surface area contributed by atoms with Crippen LogP contribution in [-0.2, 0) is 0 Å². The smallest absolute Gasteiger partial charge is 0.123 e. The Labute approximate surface area is 101 Å². The minimum atomic E-state index is 0.305. The number of benzene rings is 2. The van der Waals surface area contributed by atoms with E-state index in [0.29, 0.717) is 12.4 Å². The van der Waals surface area contributed by atoms with Crippen molar-refractivity contribution in [2.24, 2.45) is 0 Å². The molecule has 0 spiro atoms. The zero-order chi connectivity index (χ0) is 12.3. The molecule has 0 saturated heterocycles. The molecule has 0 unspecified atom stereocenters. The van der Waals surface area contributed by atoms with E-state index in [1.54, 1.807) is 6.07 Å². The molecular weight excluding hydrogens is 212 g/mol. The largest absolute Gasteiger partial charge is 0.507 e. The second-order valence-corrected chi connectivity index (χ2v) is 3.93. The number of phenols is 1. The molecule has 0 aliphatic rings. The van der Waals surface area contributed by atoms with Gasteiger partial charge in [-0.15, -0.1) is 0 Å². The molecule has 0 aliphatic carbocycles. The van der Waals surface area contributed by atoms with Gasteiger partial charge in [0.15, 0.2) is 0 Å². The molecule has 0 aromatic heterocycles. The molecule has 0 bridgehead atoms. The number of hydrogen-bond donors (Lipinski definition) is 1. The van der Waals surface area contributed by atoms with E-state index in [0.717, 1.165) is 22.4 Å². The molecule has 2 nitrogen and oxygen atoms in total. The van der Waals surface area contributed by atoms with Crippen molar-refractivity contribution in [1.29, 1.82) is 0 Å². The van der Waals surface area contributed by atoms with E-state index in [1.165, 1.54) is 0 Å². The lowest BCUT2D eigenvalue weighted by Crippen LogP contribution is -1.92. The van der Waals surface area contributed by atoms with Crippen molar-refractivity contribution in [2.75, 3.05) is 6.61 Å². The molecule has 0 saturated carbocycles. The molecule has 17 heavy (non-hydrogen) atoms. The molecule has 2 aromatic rings. The standard InChI is InChI=1S/C15H16O2/c1-3-17-12-8-9-13(11(2)10-12)14-6-4-5-7-15(14)16/h4-10,16H,3H2,1-2H3. The third-order valence-electron chi connectivity index (χ3n) is 2.70. The highest BCUT2D eigenvalue weighted by Gasteiger charge is 2.07. The zero-order valence-electron chi connectivity index (χ0n) is 10.1. The molecule has 2 aromatic carbocycles. The number of hydrogen-bond acceptors (Lipinski definition) is 2. The lowest BCUT2D eigenvalue weighted by Gasteiger charge is -2.10. The first-order valence-corrected chi connectivity index (χ1v) is 5.74. The van der Waals surface area contributed by atoms with Gasteiger partial charge < -0.3 is 9.84 Å². The van der Waals surface area contributed by atoms with Crippen LogP contribution >= 0.6 is 0 Å². The van der Waals surface area contributed by atoms with Crippen LogP contribution in [0.1, 0.15) is 12.5 Å². The summed E-state index contributed by atoms with van der Waals surface area (Å²) in [5.74, 6) is 1.17.